The fourth-order valence-electron chi connectivity index (χ4n) is 2.81. The molecule has 3 rings (SSSR count). The average molecular weight is 278 g/mol. The highest BCUT2D eigenvalue weighted by Gasteiger charge is 2.13. The summed E-state index contributed by atoms with van der Waals surface area (Å²) in [6.45, 7) is 7.61. The average Bonchev–Trinajstić information content (AvgIpc) is 2.63. The van der Waals surface area contributed by atoms with Crippen molar-refractivity contribution >= 4 is 22.5 Å². The molecule has 2 N–H and O–H groups in total. The molecule has 4 heteroatoms. The van der Waals surface area contributed by atoms with Crippen molar-refractivity contribution in [1.82, 2.24) is 15.2 Å². The molecule has 1 aliphatic heterocycles. The van der Waals surface area contributed by atoms with Crippen molar-refractivity contribution in [2.45, 2.75) is 19.9 Å². The van der Waals surface area contributed by atoms with Gasteiger partial charge in [-0.25, -0.2) is 0 Å². The number of benzene rings is 1. The summed E-state index contributed by atoms with van der Waals surface area (Å²) in [6.07, 6.45) is 3.36. The number of H-pyrrole nitrogens is 1. The molecule has 0 spiro atoms. The van der Waals surface area contributed by atoms with Crippen LogP contribution in [0.15, 0.2) is 18.3 Å². The van der Waals surface area contributed by atoms with Crippen LogP contribution in [0.3, 0.4) is 0 Å². The SMILES string of the molecule is Cc1c(Cl)ccc2c(CN3CCCNCC3)c[nH]c12. The van der Waals surface area contributed by atoms with E-state index < -0.39 is 0 Å². The molecule has 0 atom stereocenters. The summed E-state index contributed by atoms with van der Waals surface area (Å²) in [5.41, 5.74) is 3.69. The van der Waals surface area contributed by atoms with E-state index in [1.54, 1.807) is 0 Å². The van der Waals surface area contributed by atoms with Gasteiger partial charge in [0, 0.05) is 36.2 Å². The van der Waals surface area contributed by atoms with Crippen LogP contribution in [0.25, 0.3) is 10.9 Å². The lowest BCUT2D eigenvalue weighted by Gasteiger charge is -2.18. The maximum Gasteiger partial charge on any atom is 0.0501 e. The van der Waals surface area contributed by atoms with Gasteiger partial charge in [0.05, 0.1) is 5.52 Å². The molecule has 0 unspecified atom stereocenters. The second-order valence-corrected chi connectivity index (χ2v) is 5.70. The molecule has 3 nitrogen and oxygen atoms in total. The van der Waals surface area contributed by atoms with Crippen molar-refractivity contribution in [3.8, 4) is 0 Å². The maximum atomic E-state index is 6.17. The van der Waals surface area contributed by atoms with E-state index in [-0.39, 0.29) is 0 Å². The van der Waals surface area contributed by atoms with Gasteiger partial charge in [-0.15, -0.1) is 0 Å². The lowest BCUT2D eigenvalue weighted by Crippen LogP contribution is -2.27. The van der Waals surface area contributed by atoms with E-state index >= 15 is 0 Å². The van der Waals surface area contributed by atoms with Crippen LogP contribution in [0.2, 0.25) is 5.02 Å². The molecule has 0 bridgehead atoms. The minimum Gasteiger partial charge on any atom is -0.361 e. The van der Waals surface area contributed by atoms with Gasteiger partial charge < -0.3 is 10.3 Å². The van der Waals surface area contributed by atoms with Crippen molar-refractivity contribution in [3.05, 3.63) is 34.5 Å². The van der Waals surface area contributed by atoms with Crippen molar-refractivity contribution in [2.24, 2.45) is 0 Å². The highest BCUT2D eigenvalue weighted by atomic mass is 35.5. The fourth-order valence-corrected chi connectivity index (χ4v) is 2.97. The van der Waals surface area contributed by atoms with E-state index in [1.807, 2.05) is 6.07 Å². The summed E-state index contributed by atoms with van der Waals surface area (Å²) in [5, 5.41) is 5.58. The highest BCUT2D eigenvalue weighted by molar-refractivity contribution is 6.32. The maximum absolute atomic E-state index is 6.17. The lowest BCUT2D eigenvalue weighted by atomic mass is 10.1. The summed E-state index contributed by atoms with van der Waals surface area (Å²) < 4.78 is 0. The minimum atomic E-state index is 0.833. The number of hydrogen-bond donors (Lipinski definition) is 2. The first-order chi connectivity index (χ1) is 9.25. The van der Waals surface area contributed by atoms with Crippen LogP contribution >= 0.6 is 11.6 Å². The van der Waals surface area contributed by atoms with Gasteiger partial charge in [0.25, 0.3) is 0 Å². The van der Waals surface area contributed by atoms with Gasteiger partial charge in [-0.05, 0) is 43.6 Å². The van der Waals surface area contributed by atoms with Crippen LogP contribution in [0.4, 0.5) is 0 Å². The van der Waals surface area contributed by atoms with E-state index in [4.69, 9.17) is 11.6 Å². The molecule has 0 amide bonds. The normalized spacial score (nSPS) is 17.8. The predicted octanol–water partition coefficient (Wildman–Crippen LogP) is 2.93. The molecule has 19 heavy (non-hydrogen) atoms. The molecule has 0 radical (unpaired) electrons. The van der Waals surface area contributed by atoms with Crippen LogP contribution < -0.4 is 5.32 Å². The van der Waals surface area contributed by atoms with E-state index in [2.05, 4.69) is 34.4 Å². The molecule has 2 aromatic rings. The molecule has 1 aliphatic rings. The second kappa shape index (κ2) is 5.53. The first kappa shape index (κ1) is 13.0. The van der Waals surface area contributed by atoms with E-state index in [0.29, 0.717) is 0 Å². The standard InChI is InChI=1S/C15H20ClN3/c1-11-14(16)4-3-13-12(9-18-15(11)13)10-19-7-2-5-17-6-8-19/h3-4,9,17-18H,2,5-8,10H2,1H3. The number of aromatic amines is 1. The fraction of sp³-hybridized carbons (Fsp3) is 0.467. The molecular weight excluding hydrogens is 258 g/mol. The number of nitrogens with one attached hydrogen (secondary N) is 2. The number of aromatic nitrogens is 1. The smallest absolute Gasteiger partial charge is 0.0501 e. The number of rotatable bonds is 2. The van der Waals surface area contributed by atoms with Crippen molar-refractivity contribution < 1.29 is 0 Å². The Hall–Kier alpha value is -1.03. The molecule has 2 heterocycles. The van der Waals surface area contributed by atoms with Crippen molar-refractivity contribution in [3.63, 3.8) is 0 Å². The zero-order chi connectivity index (χ0) is 13.2. The van der Waals surface area contributed by atoms with Gasteiger partial charge in [-0.1, -0.05) is 17.7 Å². The molecule has 1 aromatic carbocycles. The Morgan fingerprint density at radius 3 is 3.05 bits per heavy atom. The van der Waals surface area contributed by atoms with Crippen LogP contribution in [0.5, 0.6) is 0 Å². The second-order valence-electron chi connectivity index (χ2n) is 5.29. The van der Waals surface area contributed by atoms with Crippen molar-refractivity contribution in [1.29, 1.82) is 0 Å². The molecular formula is C15H20ClN3. The van der Waals surface area contributed by atoms with E-state index in [1.165, 1.54) is 29.4 Å². The Labute approximate surface area is 118 Å². The zero-order valence-corrected chi connectivity index (χ0v) is 12.1. The zero-order valence-electron chi connectivity index (χ0n) is 11.3. The molecule has 1 saturated heterocycles. The van der Waals surface area contributed by atoms with Gasteiger partial charge in [0.2, 0.25) is 0 Å². The number of halogens is 1. The topological polar surface area (TPSA) is 31.1 Å². The lowest BCUT2D eigenvalue weighted by molar-refractivity contribution is 0.285. The molecule has 0 aliphatic carbocycles. The summed E-state index contributed by atoms with van der Waals surface area (Å²) in [6, 6.07) is 4.13. The van der Waals surface area contributed by atoms with Gasteiger partial charge >= 0.3 is 0 Å². The Bertz CT molecular complexity index is 568. The number of hydrogen-bond acceptors (Lipinski definition) is 2. The first-order valence-electron chi connectivity index (χ1n) is 6.94. The Balaban J connectivity index is 1.86. The van der Waals surface area contributed by atoms with Gasteiger partial charge in [-0.3, -0.25) is 4.90 Å². The molecule has 1 aromatic heterocycles. The Morgan fingerprint density at radius 1 is 1.26 bits per heavy atom. The van der Waals surface area contributed by atoms with Crippen LogP contribution in [0.1, 0.15) is 17.5 Å². The predicted molar refractivity (Wildman–Crippen MR) is 80.8 cm³/mol. The Morgan fingerprint density at radius 2 is 2.16 bits per heavy atom. The van der Waals surface area contributed by atoms with Crippen LogP contribution in [-0.2, 0) is 6.54 Å². The Kier molecular flexibility index (Phi) is 3.78. The summed E-state index contributed by atoms with van der Waals surface area (Å²) in [5.74, 6) is 0. The summed E-state index contributed by atoms with van der Waals surface area (Å²) >= 11 is 6.17. The van der Waals surface area contributed by atoms with Gasteiger partial charge in [0.15, 0.2) is 0 Å². The van der Waals surface area contributed by atoms with Crippen LogP contribution in [-0.4, -0.2) is 36.1 Å². The monoisotopic (exact) mass is 277 g/mol. The third-order valence-corrected chi connectivity index (χ3v) is 4.37. The van der Waals surface area contributed by atoms with Crippen LogP contribution in [0, 0.1) is 6.92 Å². The van der Waals surface area contributed by atoms with Gasteiger partial charge in [0.1, 0.15) is 0 Å². The minimum absolute atomic E-state index is 0.833. The highest BCUT2D eigenvalue weighted by Crippen LogP contribution is 2.27. The first-order valence-corrected chi connectivity index (χ1v) is 7.31. The number of nitrogens with zero attached hydrogens (tertiary/aromatic N) is 1. The van der Waals surface area contributed by atoms with E-state index in [0.717, 1.165) is 36.8 Å². The summed E-state index contributed by atoms with van der Waals surface area (Å²) in [7, 11) is 0. The van der Waals surface area contributed by atoms with Crippen molar-refractivity contribution in [2.75, 3.05) is 26.2 Å². The summed E-state index contributed by atoms with van der Waals surface area (Å²) in [4.78, 5) is 5.90. The molecule has 0 saturated carbocycles. The molecule has 102 valence electrons. The van der Waals surface area contributed by atoms with Gasteiger partial charge in [-0.2, -0.15) is 0 Å². The number of fused-ring (bicyclic) bond motifs is 1. The van der Waals surface area contributed by atoms with E-state index in [9.17, 15) is 0 Å². The molecule has 1 fully saturated rings. The third kappa shape index (κ3) is 2.64. The largest absolute Gasteiger partial charge is 0.361 e. The third-order valence-electron chi connectivity index (χ3n) is 3.96. The quantitative estimate of drug-likeness (QED) is 0.884. The number of aryl methyl sites for hydroxylation is 1.